The molecule has 2 aromatic heterocycles. The molecule has 0 amide bonds. The van der Waals surface area contributed by atoms with Crippen molar-refractivity contribution in [1.82, 2.24) is 14.5 Å². The van der Waals surface area contributed by atoms with Crippen LogP contribution in [0.25, 0.3) is 22.3 Å². The summed E-state index contributed by atoms with van der Waals surface area (Å²) in [7, 11) is 2.60. The molecule has 0 spiro atoms. The number of halogens is 1. The van der Waals surface area contributed by atoms with Crippen LogP contribution < -0.4 is 11.2 Å². The van der Waals surface area contributed by atoms with Gasteiger partial charge in [0, 0.05) is 12.6 Å². The molecule has 0 bridgehead atoms. The molecule has 3 aromatic rings. The molecule has 8 heteroatoms. The van der Waals surface area contributed by atoms with Gasteiger partial charge in [0.05, 0.1) is 23.8 Å². The van der Waals surface area contributed by atoms with Gasteiger partial charge in [0.1, 0.15) is 5.82 Å². The number of ether oxygens (including phenoxy) is 1. The minimum absolute atomic E-state index is 0.0290. The van der Waals surface area contributed by atoms with E-state index in [2.05, 4.69) is 9.97 Å². The van der Waals surface area contributed by atoms with Crippen LogP contribution in [0.3, 0.4) is 0 Å². The molecular formula is C16H12FN3O4. The number of hydrogen-bond donors (Lipinski definition) is 1. The molecule has 0 saturated carbocycles. The third kappa shape index (κ3) is 2.47. The Hall–Kier alpha value is -3.29. The summed E-state index contributed by atoms with van der Waals surface area (Å²) in [6.45, 7) is 0. The summed E-state index contributed by atoms with van der Waals surface area (Å²) < 4.78 is 18.9. The number of benzene rings is 1. The first kappa shape index (κ1) is 15.6. The van der Waals surface area contributed by atoms with E-state index < -0.39 is 23.0 Å². The lowest BCUT2D eigenvalue weighted by atomic mass is 10.1. The van der Waals surface area contributed by atoms with Gasteiger partial charge in [0.15, 0.2) is 5.65 Å². The smallest absolute Gasteiger partial charge is 0.338 e. The topological polar surface area (TPSA) is 94.1 Å². The maximum Gasteiger partial charge on any atom is 0.338 e. The van der Waals surface area contributed by atoms with Crippen LogP contribution in [0.4, 0.5) is 4.39 Å². The van der Waals surface area contributed by atoms with E-state index in [0.29, 0.717) is 11.3 Å². The van der Waals surface area contributed by atoms with Crippen LogP contribution in [0.2, 0.25) is 0 Å². The van der Waals surface area contributed by atoms with Crippen molar-refractivity contribution < 1.29 is 13.9 Å². The molecule has 3 rings (SSSR count). The standard InChI is InChI=1S/C16H12FN3O4/c1-20-13-12(14(21)19-16(20)23)10(15(22)24-2)7-11(18-13)8-3-5-9(17)6-4-8/h3-7H,1-2H3,(H,19,21,23). The number of rotatable bonds is 2. The normalized spacial score (nSPS) is 10.8. The SMILES string of the molecule is COC(=O)c1cc(-c2ccc(F)cc2)nc2c1c(=O)[nH]c(=O)n2C. The lowest BCUT2D eigenvalue weighted by Gasteiger charge is -2.10. The van der Waals surface area contributed by atoms with Gasteiger partial charge in [0.25, 0.3) is 5.56 Å². The maximum absolute atomic E-state index is 13.1. The van der Waals surface area contributed by atoms with E-state index in [4.69, 9.17) is 4.74 Å². The van der Waals surface area contributed by atoms with E-state index >= 15 is 0 Å². The van der Waals surface area contributed by atoms with E-state index in [9.17, 15) is 18.8 Å². The number of aromatic nitrogens is 3. The molecule has 0 atom stereocenters. The van der Waals surface area contributed by atoms with E-state index in [1.54, 1.807) is 0 Å². The van der Waals surface area contributed by atoms with Gasteiger partial charge in [-0.3, -0.25) is 14.3 Å². The fraction of sp³-hybridized carbons (Fsp3) is 0.125. The van der Waals surface area contributed by atoms with Crippen LogP contribution in [-0.4, -0.2) is 27.6 Å². The first-order valence-corrected chi connectivity index (χ1v) is 6.90. The van der Waals surface area contributed by atoms with Crippen LogP contribution >= 0.6 is 0 Å². The van der Waals surface area contributed by atoms with Crippen molar-refractivity contribution in [1.29, 1.82) is 0 Å². The summed E-state index contributed by atoms with van der Waals surface area (Å²) in [5.74, 6) is -1.16. The summed E-state index contributed by atoms with van der Waals surface area (Å²) in [5, 5.41) is -0.0465. The average molecular weight is 329 g/mol. The minimum Gasteiger partial charge on any atom is -0.465 e. The number of methoxy groups -OCH3 is 1. The Morgan fingerprint density at radius 1 is 1.25 bits per heavy atom. The predicted octanol–water partition coefficient (Wildman–Crippen LogP) is 1.21. The molecule has 0 aliphatic carbocycles. The van der Waals surface area contributed by atoms with Crippen LogP contribution in [0.5, 0.6) is 0 Å². The molecule has 1 N–H and O–H groups in total. The highest BCUT2D eigenvalue weighted by molar-refractivity contribution is 6.03. The molecule has 1 aromatic carbocycles. The van der Waals surface area contributed by atoms with Crippen molar-refractivity contribution >= 4 is 17.0 Å². The number of carbonyl (C=O) groups excluding carboxylic acids is 1. The Labute approximate surface area is 134 Å². The second-order valence-electron chi connectivity index (χ2n) is 5.07. The zero-order chi connectivity index (χ0) is 17.4. The van der Waals surface area contributed by atoms with Gasteiger partial charge in [-0.15, -0.1) is 0 Å². The molecule has 2 heterocycles. The number of carbonyl (C=O) groups is 1. The third-order valence-electron chi connectivity index (χ3n) is 3.62. The molecule has 0 unspecified atom stereocenters. The maximum atomic E-state index is 13.1. The number of nitrogens with one attached hydrogen (secondary N) is 1. The van der Waals surface area contributed by atoms with Crippen molar-refractivity contribution in [2.75, 3.05) is 7.11 Å². The second-order valence-corrected chi connectivity index (χ2v) is 5.07. The van der Waals surface area contributed by atoms with Crippen molar-refractivity contribution in [2.24, 2.45) is 7.05 Å². The quantitative estimate of drug-likeness (QED) is 0.713. The summed E-state index contributed by atoms with van der Waals surface area (Å²) in [6, 6.07) is 6.83. The van der Waals surface area contributed by atoms with Crippen molar-refractivity contribution in [3.8, 4) is 11.3 Å². The average Bonchev–Trinajstić information content (AvgIpc) is 2.58. The number of pyridine rings is 1. The lowest BCUT2D eigenvalue weighted by molar-refractivity contribution is 0.0603. The molecule has 0 fully saturated rings. The monoisotopic (exact) mass is 329 g/mol. The molecule has 122 valence electrons. The Morgan fingerprint density at radius 3 is 2.54 bits per heavy atom. The number of fused-ring (bicyclic) bond motifs is 1. The Balaban J connectivity index is 2.44. The van der Waals surface area contributed by atoms with Crippen molar-refractivity contribution in [2.45, 2.75) is 0 Å². The summed E-state index contributed by atoms with van der Waals surface area (Å²) in [5.41, 5.74) is -0.553. The lowest BCUT2D eigenvalue weighted by Crippen LogP contribution is -2.30. The van der Waals surface area contributed by atoms with Gasteiger partial charge in [-0.1, -0.05) is 0 Å². The van der Waals surface area contributed by atoms with Gasteiger partial charge in [-0.05, 0) is 30.3 Å². The van der Waals surface area contributed by atoms with Crippen molar-refractivity contribution in [3.05, 3.63) is 62.6 Å². The first-order chi connectivity index (χ1) is 11.4. The number of hydrogen-bond acceptors (Lipinski definition) is 5. The fourth-order valence-corrected chi connectivity index (χ4v) is 2.38. The van der Waals surface area contributed by atoms with E-state index in [-0.39, 0.29) is 16.6 Å². The Morgan fingerprint density at radius 2 is 1.92 bits per heavy atom. The van der Waals surface area contributed by atoms with E-state index in [0.717, 1.165) is 4.57 Å². The molecule has 7 nitrogen and oxygen atoms in total. The highest BCUT2D eigenvalue weighted by Gasteiger charge is 2.19. The van der Waals surface area contributed by atoms with E-state index in [1.165, 1.54) is 44.5 Å². The van der Waals surface area contributed by atoms with Gasteiger partial charge in [0.2, 0.25) is 0 Å². The number of aromatic amines is 1. The minimum atomic E-state index is -0.741. The first-order valence-electron chi connectivity index (χ1n) is 6.90. The second kappa shape index (κ2) is 5.73. The molecule has 0 radical (unpaired) electrons. The number of esters is 1. The molecule has 0 saturated heterocycles. The molecule has 0 aliphatic rings. The molecule has 0 aliphatic heterocycles. The van der Waals surface area contributed by atoms with Crippen LogP contribution in [0, 0.1) is 5.82 Å². The van der Waals surface area contributed by atoms with E-state index in [1.807, 2.05) is 0 Å². The number of nitrogens with zero attached hydrogens (tertiary/aromatic N) is 2. The Kier molecular flexibility index (Phi) is 3.72. The Bertz CT molecular complexity index is 1070. The van der Waals surface area contributed by atoms with Crippen LogP contribution in [-0.2, 0) is 11.8 Å². The number of H-pyrrole nitrogens is 1. The van der Waals surface area contributed by atoms with Crippen LogP contribution in [0.1, 0.15) is 10.4 Å². The largest absolute Gasteiger partial charge is 0.465 e. The fourth-order valence-electron chi connectivity index (χ4n) is 2.38. The highest BCUT2D eigenvalue weighted by Crippen LogP contribution is 2.23. The zero-order valence-corrected chi connectivity index (χ0v) is 12.8. The third-order valence-corrected chi connectivity index (χ3v) is 3.62. The summed E-state index contributed by atoms with van der Waals surface area (Å²) >= 11 is 0. The van der Waals surface area contributed by atoms with Crippen molar-refractivity contribution in [3.63, 3.8) is 0 Å². The zero-order valence-electron chi connectivity index (χ0n) is 12.8. The van der Waals surface area contributed by atoms with Gasteiger partial charge >= 0.3 is 11.7 Å². The number of aryl methyl sites for hydroxylation is 1. The van der Waals surface area contributed by atoms with Crippen LogP contribution in [0.15, 0.2) is 39.9 Å². The molecular weight excluding hydrogens is 317 g/mol. The summed E-state index contributed by atoms with van der Waals surface area (Å²) in [4.78, 5) is 42.4. The van der Waals surface area contributed by atoms with Gasteiger partial charge in [-0.25, -0.2) is 19.0 Å². The molecule has 24 heavy (non-hydrogen) atoms. The predicted molar refractivity (Wildman–Crippen MR) is 84.3 cm³/mol. The van der Waals surface area contributed by atoms with Gasteiger partial charge in [-0.2, -0.15) is 0 Å². The van der Waals surface area contributed by atoms with Gasteiger partial charge < -0.3 is 4.74 Å². The highest BCUT2D eigenvalue weighted by atomic mass is 19.1. The summed E-state index contributed by atoms with van der Waals surface area (Å²) in [6.07, 6.45) is 0.